The van der Waals surface area contributed by atoms with Crippen LogP contribution in [0.25, 0.3) is 0 Å². The molecule has 14 heavy (non-hydrogen) atoms. The number of hydrogen-bond donors (Lipinski definition) is 0. The number of aromatic nitrogens is 2. The molecule has 0 N–H and O–H groups in total. The van der Waals surface area contributed by atoms with Crippen molar-refractivity contribution in [3.8, 4) is 5.88 Å². The van der Waals surface area contributed by atoms with E-state index in [0.717, 1.165) is 0 Å². The van der Waals surface area contributed by atoms with E-state index in [1.54, 1.807) is 4.68 Å². The summed E-state index contributed by atoms with van der Waals surface area (Å²) >= 11 is 0. The summed E-state index contributed by atoms with van der Waals surface area (Å²) in [5, 5.41) is 4.05. The summed E-state index contributed by atoms with van der Waals surface area (Å²) in [5.41, 5.74) is 0.0879. The van der Waals surface area contributed by atoms with Gasteiger partial charge in [0.15, 0.2) is 0 Å². The van der Waals surface area contributed by atoms with Gasteiger partial charge in [-0.1, -0.05) is 0 Å². The number of rotatable bonds is 1. The highest BCUT2D eigenvalue weighted by Gasteiger charge is 2.34. The quantitative estimate of drug-likeness (QED) is 0.624. The zero-order valence-corrected chi connectivity index (χ0v) is 8.40. The third-order valence-corrected chi connectivity index (χ3v) is 2.10. The highest BCUT2D eigenvalue weighted by Crippen LogP contribution is 2.31. The molecule has 1 aliphatic heterocycles. The van der Waals surface area contributed by atoms with E-state index in [-0.39, 0.29) is 5.60 Å². The molecule has 0 spiro atoms. The minimum Gasteiger partial charge on any atom is -0.469 e. The third kappa shape index (κ3) is 1.25. The van der Waals surface area contributed by atoms with E-state index < -0.39 is 5.97 Å². The number of carbonyl (C=O) groups is 1. The lowest BCUT2D eigenvalue weighted by Crippen LogP contribution is -2.26. The maximum atomic E-state index is 11.3. The largest absolute Gasteiger partial charge is 0.469 e. The molecule has 2 rings (SSSR count). The number of methoxy groups -OCH3 is 1. The summed E-state index contributed by atoms with van der Waals surface area (Å²) in [6, 6.07) is 0. The van der Waals surface area contributed by atoms with Crippen molar-refractivity contribution in [3.05, 3.63) is 11.8 Å². The van der Waals surface area contributed by atoms with Crippen LogP contribution in [0.15, 0.2) is 6.20 Å². The van der Waals surface area contributed by atoms with E-state index >= 15 is 0 Å². The molecule has 0 aromatic carbocycles. The predicted molar refractivity (Wildman–Crippen MR) is 48.3 cm³/mol. The summed E-state index contributed by atoms with van der Waals surface area (Å²) in [5.74, 6) is 0.0887. The van der Waals surface area contributed by atoms with Crippen molar-refractivity contribution >= 4 is 5.97 Å². The lowest BCUT2D eigenvalue weighted by Gasteiger charge is -2.15. The second-order valence-electron chi connectivity index (χ2n) is 3.87. The van der Waals surface area contributed by atoms with Crippen molar-refractivity contribution in [2.45, 2.75) is 26.0 Å². The maximum Gasteiger partial charge on any atom is 0.345 e. The van der Waals surface area contributed by atoms with Gasteiger partial charge in [-0.3, -0.25) is 0 Å². The number of esters is 1. The standard InChI is InChI=1S/C9H12N2O3/c1-9(2)5-11-7(14-9)6(4-10-11)8(12)13-3/h4H,5H2,1-3H3. The fraction of sp³-hybridized carbons (Fsp3) is 0.556. The second kappa shape index (κ2) is 2.73. The Morgan fingerprint density at radius 2 is 2.43 bits per heavy atom. The summed E-state index contributed by atoms with van der Waals surface area (Å²) < 4.78 is 11.9. The Morgan fingerprint density at radius 1 is 1.71 bits per heavy atom. The summed E-state index contributed by atoms with van der Waals surface area (Å²) in [4.78, 5) is 11.3. The van der Waals surface area contributed by atoms with Crippen LogP contribution in [0.1, 0.15) is 24.2 Å². The van der Waals surface area contributed by atoms with Gasteiger partial charge in [0.1, 0.15) is 11.2 Å². The summed E-state index contributed by atoms with van der Waals surface area (Å²) in [6.07, 6.45) is 1.47. The van der Waals surface area contributed by atoms with Gasteiger partial charge in [0.05, 0.1) is 19.9 Å². The molecule has 0 radical (unpaired) electrons. The normalized spacial score (nSPS) is 17.4. The molecule has 0 bridgehead atoms. The molecule has 76 valence electrons. The molecule has 1 aromatic heterocycles. The number of fused-ring (bicyclic) bond motifs is 1. The fourth-order valence-corrected chi connectivity index (χ4v) is 1.50. The van der Waals surface area contributed by atoms with Crippen molar-refractivity contribution < 1.29 is 14.3 Å². The molecule has 1 aromatic rings. The first-order valence-electron chi connectivity index (χ1n) is 4.37. The van der Waals surface area contributed by atoms with E-state index in [9.17, 15) is 4.79 Å². The van der Waals surface area contributed by atoms with Crippen LogP contribution in [0.3, 0.4) is 0 Å². The van der Waals surface area contributed by atoms with Gasteiger partial charge in [-0.15, -0.1) is 0 Å². The fourth-order valence-electron chi connectivity index (χ4n) is 1.50. The van der Waals surface area contributed by atoms with Crippen LogP contribution in [-0.2, 0) is 11.3 Å². The van der Waals surface area contributed by atoms with Gasteiger partial charge in [0.25, 0.3) is 0 Å². The predicted octanol–water partition coefficient (Wildman–Crippen LogP) is 0.841. The van der Waals surface area contributed by atoms with Crippen LogP contribution < -0.4 is 4.74 Å². The highest BCUT2D eigenvalue weighted by atomic mass is 16.5. The average molecular weight is 196 g/mol. The second-order valence-corrected chi connectivity index (χ2v) is 3.87. The first-order valence-corrected chi connectivity index (χ1v) is 4.37. The molecule has 1 aliphatic rings. The van der Waals surface area contributed by atoms with Gasteiger partial charge in [0, 0.05) is 0 Å². The van der Waals surface area contributed by atoms with Crippen molar-refractivity contribution in [2.75, 3.05) is 7.11 Å². The van der Waals surface area contributed by atoms with Gasteiger partial charge in [0.2, 0.25) is 5.88 Å². The SMILES string of the molecule is COC(=O)c1cnn2c1OC(C)(C)C2. The Labute approximate surface area is 81.6 Å². The van der Waals surface area contributed by atoms with E-state index in [1.165, 1.54) is 13.3 Å². The van der Waals surface area contributed by atoms with Crippen LogP contribution in [0.4, 0.5) is 0 Å². The lowest BCUT2D eigenvalue weighted by atomic mass is 10.1. The molecular formula is C9H12N2O3. The van der Waals surface area contributed by atoms with Crippen molar-refractivity contribution in [2.24, 2.45) is 0 Å². The van der Waals surface area contributed by atoms with Crippen LogP contribution in [-0.4, -0.2) is 28.5 Å². The van der Waals surface area contributed by atoms with Crippen molar-refractivity contribution in [3.63, 3.8) is 0 Å². The van der Waals surface area contributed by atoms with E-state index in [4.69, 9.17) is 4.74 Å². The van der Waals surface area contributed by atoms with Gasteiger partial charge >= 0.3 is 5.97 Å². The first kappa shape index (κ1) is 9.05. The van der Waals surface area contributed by atoms with Crippen LogP contribution >= 0.6 is 0 Å². The van der Waals surface area contributed by atoms with Crippen molar-refractivity contribution in [1.82, 2.24) is 9.78 Å². The van der Waals surface area contributed by atoms with Gasteiger partial charge in [-0.05, 0) is 13.8 Å². The Balaban J connectivity index is 2.37. The Kier molecular flexibility index (Phi) is 1.77. The van der Waals surface area contributed by atoms with Crippen LogP contribution in [0.5, 0.6) is 5.88 Å². The van der Waals surface area contributed by atoms with Gasteiger partial charge in [-0.25, -0.2) is 9.48 Å². The number of nitrogens with zero attached hydrogens (tertiary/aromatic N) is 2. The Morgan fingerprint density at radius 3 is 3.07 bits per heavy atom. The molecule has 0 aliphatic carbocycles. The number of ether oxygens (including phenoxy) is 2. The summed E-state index contributed by atoms with van der Waals surface area (Å²) in [7, 11) is 1.34. The molecule has 0 saturated carbocycles. The minimum absolute atomic E-state index is 0.299. The van der Waals surface area contributed by atoms with Gasteiger partial charge < -0.3 is 9.47 Å². The Bertz CT molecular complexity index is 381. The third-order valence-electron chi connectivity index (χ3n) is 2.10. The zero-order chi connectivity index (χ0) is 10.3. The molecule has 5 heteroatoms. The van der Waals surface area contributed by atoms with Crippen LogP contribution in [0, 0.1) is 0 Å². The minimum atomic E-state index is -0.413. The van der Waals surface area contributed by atoms with Crippen molar-refractivity contribution in [1.29, 1.82) is 0 Å². The maximum absolute atomic E-state index is 11.3. The number of carbonyl (C=O) groups excluding carboxylic acids is 1. The highest BCUT2D eigenvalue weighted by molar-refractivity contribution is 5.91. The number of hydrogen-bond acceptors (Lipinski definition) is 4. The van der Waals surface area contributed by atoms with E-state index in [1.807, 2.05) is 13.8 Å². The topological polar surface area (TPSA) is 53.3 Å². The molecule has 0 fully saturated rings. The molecule has 0 amide bonds. The average Bonchev–Trinajstić information content (AvgIpc) is 2.58. The van der Waals surface area contributed by atoms with Gasteiger partial charge in [-0.2, -0.15) is 5.10 Å². The molecular weight excluding hydrogens is 184 g/mol. The smallest absolute Gasteiger partial charge is 0.345 e. The lowest BCUT2D eigenvalue weighted by molar-refractivity contribution is 0.0590. The summed E-state index contributed by atoms with van der Waals surface area (Å²) in [6.45, 7) is 4.55. The molecule has 0 saturated heterocycles. The van der Waals surface area contributed by atoms with E-state index in [0.29, 0.717) is 18.0 Å². The van der Waals surface area contributed by atoms with Crippen LogP contribution in [0.2, 0.25) is 0 Å². The first-order chi connectivity index (χ1) is 6.53. The molecule has 2 heterocycles. The van der Waals surface area contributed by atoms with E-state index in [2.05, 4.69) is 9.84 Å². The molecule has 0 unspecified atom stereocenters. The molecule has 0 atom stereocenters. The zero-order valence-electron chi connectivity index (χ0n) is 8.40. The monoisotopic (exact) mass is 196 g/mol. The Hall–Kier alpha value is -1.52. The molecule has 5 nitrogen and oxygen atoms in total.